The molecule has 8 heteroatoms. The predicted octanol–water partition coefficient (Wildman–Crippen LogP) is 0.319. The average Bonchev–Trinajstić information content (AvgIpc) is 2.59. The van der Waals surface area contributed by atoms with Gasteiger partial charge in [-0.1, -0.05) is 0 Å². The molecule has 2 aromatic heterocycles. The molecule has 0 saturated carbocycles. The normalized spacial score (nSPS) is 15.6. The summed E-state index contributed by atoms with van der Waals surface area (Å²) < 4.78 is 5.53. The first-order chi connectivity index (χ1) is 11.6. The summed E-state index contributed by atoms with van der Waals surface area (Å²) in [4.78, 5) is 31.7. The molecule has 8 nitrogen and oxygen atoms in total. The highest BCUT2D eigenvalue weighted by atomic mass is 16.5. The van der Waals surface area contributed by atoms with Crippen LogP contribution in [0.2, 0.25) is 0 Å². The van der Waals surface area contributed by atoms with Gasteiger partial charge in [-0.05, 0) is 19.1 Å². The number of rotatable bonds is 4. The van der Waals surface area contributed by atoms with E-state index in [2.05, 4.69) is 9.88 Å². The van der Waals surface area contributed by atoms with Crippen molar-refractivity contribution in [1.29, 1.82) is 0 Å². The molecular formula is C16H20N4O4. The molecule has 0 aromatic carbocycles. The monoisotopic (exact) mass is 332 g/mol. The SMILES string of the molecule is CCOC(=O)CN1CCN(c2cc(=O)n(O)c3ncccc23)CC1. The molecule has 0 unspecified atom stereocenters. The van der Waals surface area contributed by atoms with Crippen molar-refractivity contribution in [2.24, 2.45) is 0 Å². The molecule has 128 valence electrons. The maximum absolute atomic E-state index is 12.0. The van der Waals surface area contributed by atoms with Crippen molar-refractivity contribution < 1.29 is 14.7 Å². The van der Waals surface area contributed by atoms with Gasteiger partial charge in [0.2, 0.25) is 0 Å². The third kappa shape index (κ3) is 3.18. The molecule has 1 aliphatic heterocycles. The zero-order chi connectivity index (χ0) is 17.1. The van der Waals surface area contributed by atoms with E-state index in [0.29, 0.717) is 37.5 Å². The number of pyridine rings is 2. The lowest BCUT2D eigenvalue weighted by atomic mass is 10.2. The van der Waals surface area contributed by atoms with E-state index in [1.807, 2.05) is 11.0 Å². The first-order valence-electron chi connectivity index (χ1n) is 7.93. The third-order valence-electron chi connectivity index (χ3n) is 4.10. The Kier molecular flexibility index (Phi) is 4.66. The molecule has 1 aliphatic rings. The zero-order valence-electron chi connectivity index (χ0n) is 13.5. The standard InChI is InChI=1S/C16H20N4O4/c1-2-24-15(22)11-18-6-8-19(9-7-18)13-10-14(21)20(23)16-12(13)4-3-5-17-16/h3-5,10,23H,2,6-9,11H2,1H3. The number of carbonyl (C=O) groups is 1. The van der Waals surface area contributed by atoms with Crippen LogP contribution < -0.4 is 10.5 Å². The first kappa shape index (κ1) is 16.3. The highest BCUT2D eigenvalue weighted by Gasteiger charge is 2.22. The predicted molar refractivity (Wildman–Crippen MR) is 88.5 cm³/mol. The van der Waals surface area contributed by atoms with Crippen LogP contribution in [0.4, 0.5) is 5.69 Å². The van der Waals surface area contributed by atoms with Crippen LogP contribution in [0.5, 0.6) is 0 Å². The molecule has 0 radical (unpaired) electrons. The van der Waals surface area contributed by atoms with Gasteiger partial charge >= 0.3 is 5.97 Å². The second-order valence-corrected chi connectivity index (χ2v) is 5.62. The van der Waals surface area contributed by atoms with Crippen LogP contribution in [0, 0.1) is 0 Å². The minimum absolute atomic E-state index is 0.219. The van der Waals surface area contributed by atoms with E-state index in [1.54, 1.807) is 13.0 Å². The van der Waals surface area contributed by atoms with Crippen molar-refractivity contribution in [3.8, 4) is 0 Å². The summed E-state index contributed by atoms with van der Waals surface area (Å²) in [6.45, 7) is 5.21. The van der Waals surface area contributed by atoms with Crippen LogP contribution in [-0.4, -0.2) is 65.1 Å². The number of fused-ring (bicyclic) bond motifs is 1. The average molecular weight is 332 g/mol. The molecule has 1 N–H and O–H groups in total. The molecule has 3 heterocycles. The number of carbonyl (C=O) groups excluding carboxylic acids is 1. The third-order valence-corrected chi connectivity index (χ3v) is 4.10. The van der Waals surface area contributed by atoms with Crippen LogP contribution in [0.1, 0.15) is 6.92 Å². The highest BCUT2D eigenvalue weighted by Crippen LogP contribution is 2.24. The van der Waals surface area contributed by atoms with Gasteiger partial charge in [-0.25, -0.2) is 4.98 Å². The summed E-state index contributed by atoms with van der Waals surface area (Å²) in [7, 11) is 0. The Morgan fingerprint density at radius 1 is 1.33 bits per heavy atom. The van der Waals surface area contributed by atoms with E-state index in [1.165, 1.54) is 12.3 Å². The van der Waals surface area contributed by atoms with Crippen molar-refractivity contribution in [1.82, 2.24) is 14.6 Å². The van der Waals surface area contributed by atoms with E-state index in [0.717, 1.165) is 11.1 Å². The van der Waals surface area contributed by atoms with Gasteiger partial charge < -0.3 is 14.8 Å². The van der Waals surface area contributed by atoms with Crippen molar-refractivity contribution in [3.05, 3.63) is 34.7 Å². The molecule has 0 spiro atoms. The molecule has 24 heavy (non-hydrogen) atoms. The molecule has 3 rings (SSSR count). The maximum Gasteiger partial charge on any atom is 0.320 e. The Balaban J connectivity index is 1.78. The van der Waals surface area contributed by atoms with E-state index in [4.69, 9.17) is 4.74 Å². The Hall–Kier alpha value is -2.61. The molecule has 1 fully saturated rings. The van der Waals surface area contributed by atoms with Crippen LogP contribution in [0.25, 0.3) is 11.0 Å². The Bertz CT molecular complexity index is 796. The number of hydrogen-bond acceptors (Lipinski definition) is 7. The molecule has 0 bridgehead atoms. The van der Waals surface area contributed by atoms with Gasteiger partial charge in [0.15, 0.2) is 5.65 Å². The van der Waals surface area contributed by atoms with Gasteiger partial charge in [0, 0.05) is 43.8 Å². The van der Waals surface area contributed by atoms with E-state index in [-0.39, 0.29) is 18.2 Å². The summed E-state index contributed by atoms with van der Waals surface area (Å²) in [6, 6.07) is 5.02. The number of hydrogen-bond donors (Lipinski definition) is 1. The van der Waals surface area contributed by atoms with E-state index >= 15 is 0 Å². The van der Waals surface area contributed by atoms with Gasteiger partial charge in [-0.15, -0.1) is 4.73 Å². The maximum atomic E-state index is 12.0. The van der Waals surface area contributed by atoms with Crippen molar-refractivity contribution in [2.75, 3.05) is 44.2 Å². The minimum Gasteiger partial charge on any atom is -0.465 e. The van der Waals surface area contributed by atoms with Crippen LogP contribution >= 0.6 is 0 Å². The quantitative estimate of drug-likeness (QED) is 0.637. The van der Waals surface area contributed by atoms with Crippen molar-refractivity contribution in [2.45, 2.75) is 6.92 Å². The molecule has 0 atom stereocenters. The fourth-order valence-corrected chi connectivity index (χ4v) is 2.92. The minimum atomic E-state index is -0.509. The second-order valence-electron chi connectivity index (χ2n) is 5.62. The Labute approximate surface area is 138 Å². The molecule has 2 aromatic rings. The number of aromatic nitrogens is 2. The summed E-state index contributed by atoms with van der Waals surface area (Å²) in [5, 5.41) is 10.6. The Morgan fingerprint density at radius 3 is 2.79 bits per heavy atom. The smallest absolute Gasteiger partial charge is 0.320 e. The van der Waals surface area contributed by atoms with Gasteiger partial charge in [0.05, 0.1) is 18.8 Å². The summed E-state index contributed by atoms with van der Waals surface area (Å²) in [5.41, 5.74) is 0.489. The summed E-state index contributed by atoms with van der Waals surface area (Å²) in [6.07, 6.45) is 1.54. The van der Waals surface area contributed by atoms with Gasteiger partial charge in [-0.2, -0.15) is 0 Å². The zero-order valence-corrected chi connectivity index (χ0v) is 13.5. The number of ether oxygens (including phenoxy) is 1. The number of esters is 1. The van der Waals surface area contributed by atoms with Crippen molar-refractivity contribution in [3.63, 3.8) is 0 Å². The van der Waals surface area contributed by atoms with E-state index < -0.39 is 5.56 Å². The molecule has 0 aliphatic carbocycles. The fourth-order valence-electron chi connectivity index (χ4n) is 2.92. The van der Waals surface area contributed by atoms with Crippen LogP contribution in [0.3, 0.4) is 0 Å². The largest absolute Gasteiger partial charge is 0.465 e. The van der Waals surface area contributed by atoms with Gasteiger partial charge in [0.25, 0.3) is 5.56 Å². The lowest BCUT2D eigenvalue weighted by molar-refractivity contribution is -0.144. The molecule has 0 amide bonds. The fraction of sp³-hybridized carbons (Fsp3) is 0.438. The molecular weight excluding hydrogens is 312 g/mol. The lowest BCUT2D eigenvalue weighted by Crippen LogP contribution is -2.48. The van der Waals surface area contributed by atoms with Gasteiger partial charge in [0.1, 0.15) is 0 Å². The van der Waals surface area contributed by atoms with Crippen molar-refractivity contribution >= 4 is 22.7 Å². The Morgan fingerprint density at radius 2 is 2.08 bits per heavy atom. The van der Waals surface area contributed by atoms with E-state index in [9.17, 15) is 14.8 Å². The number of anilines is 1. The lowest BCUT2D eigenvalue weighted by Gasteiger charge is -2.35. The van der Waals surface area contributed by atoms with Gasteiger partial charge in [-0.3, -0.25) is 14.5 Å². The number of piperazine rings is 1. The topological polar surface area (TPSA) is 87.9 Å². The number of nitrogens with zero attached hydrogens (tertiary/aromatic N) is 4. The summed E-state index contributed by atoms with van der Waals surface area (Å²) in [5.74, 6) is -0.219. The van der Waals surface area contributed by atoms with Crippen LogP contribution in [0.15, 0.2) is 29.2 Å². The molecule has 1 saturated heterocycles. The second kappa shape index (κ2) is 6.88. The summed E-state index contributed by atoms with van der Waals surface area (Å²) >= 11 is 0. The first-order valence-corrected chi connectivity index (χ1v) is 7.93. The highest BCUT2D eigenvalue weighted by molar-refractivity contribution is 5.89. The van der Waals surface area contributed by atoms with Crippen LogP contribution in [-0.2, 0) is 9.53 Å².